The van der Waals surface area contributed by atoms with E-state index in [1.807, 2.05) is 6.07 Å². The average Bonchev–Trinajstić information content (AvgIpc) is 2.72. The van der Waals surface area contributed by atoms with Gasteiger partial charge in [0.2, 0.25) is 0 Å². The van der Waals surface area contributed by atoms with Crippen LogP contribution in [0.25, 0.3) is 0 Å². The number of alkyl halides is 1. The number of imide groups is 1. The van der Waals surface area contributed by atoms with E-state index in [1.165, 1.54) is 0 Å². The Hall–Kier alpha value is -2.01. The van der Waals surface area contributed by atoms with Crippen LogP contribution >= 0.6 is 15.9 Å². The predicted molar refractivity (Wildman–Crippen MR) is 74.5 cm³/mol. The number of anilines is 1. The van der Waals surface area contributed by atoms with E-state index in [2.05, 4.69) is 20.9 Å². The molecule has 1 aliphatic heterocycles. The third-order valence-electron chi connectivity index (χ3n) is 3.02. The van der Waals surface area contributed by atoms with Crippen LogP contribution < -0.4 is 4.90 Å². The molecule has 1 aliphatic rings. The Morgan fingerprint density at radius 1 is 1.05 bits per heavy atom. The summed E-state index contributed by atoms with van der Waals surface area (Å²) < 4.78 is 0. The summed E-state index contributed by atoms with van der Waals surface area (Å²) in [6.45, 7) is 0. The summed E-state index contributed by atoms with van der Waals surface area (Å²) in [5, 5.41) is 0.533. The van der Waals surface area contributed by atoms with Crippen molar-refractivity contribution in [1.82, 2.24) is 4.98 Å². The molecular formula is C14H9BrN2O2. The molecule has 0 saturated carbocycles. The third-order valence-corrected chi connectivity index (χ3v) is 3.63. The van der Waals surface area contributed by atoms with Gasteiger partial charge in [-0.2, -0.15) is 0 Å². The number of aromatic nitrogens is 1. The number of carbonyl (C=O) groups excluding carboxylic acids is 2. The van der Waals surface area contributed by atoms with Crippen molar-refractivity contribution >= 4 is 33.6 Å². The Balaban J connectivity index is 2.15. The number of benzene rings is 1. The van der Waals surface area contributed by atoms with Crippen LogP contribution in [0.1, 0.15) is 26.3 Å². The van der Waals surface area contributed by atoms with E-state index >= 15 is 0 Å². The van der Waals surface area contributed by atoms with Crippen LogP contribution in [0, 0.1) is 0 Å². The van der Waals surface area contributed by atoms with Crippen molar-refractivity contribution in [2.24, 2.45) is 0 Å². The first-order valence-electron chi connectivity index (χ1n) is 5.71. The zero-order valence-electron chi connectivity index (χ0n) is 9.84. The molecule has 0 atom stereocenters. The minimum atomic E-state index is -0.318. The molecule has 2 aromatic rings. The maximum Gasteiger partial charge on any atom is 0.267 e. The molecule has 5 heteroatoms. The lowest BCUT2D eigenvalue weighted by Gasteiger charge is -2.11. The zero-order valence-corrected chi connectivity index (χ0v) is 11.4. The molecule has 0 radical (unpaired) electrons. The Morgan fingerprint density at radius 3 is 2.58 bits per heavy atom. The second-order valence-electron chi connectivity index (χ2n) is 4.11. The van der Waals surface area contributed by atoms with Crippen LogP contribution in [0.2, 0.25) is 0 Å². The molecule has 1 aromatic carbocycles. The lowest BCUT2D eigenvalue weighted by Crippen LogP contribution is -2.30. The number of nitrogens with zero attached hydrogens (tertiary/aromatic N) is 2. The van der Waals surface area contributed by atoms with Crippen LogP contribution in [0.4, 0.5) is 5.82 Å². The fourth-order valence-electron chi connectivity index (χ4n) is 2.16. The fourth-order valence-corrected chi connectivity index (χ4v) is 2.63. The number of hydrogen-bond donors (Lipinski definition) is 0. The highest BCUT2D eigenvalue weighted by molar-refractivity contribution is 9.08. The summed E-state index contributed by atoms with van der Waals surface area (Å²) in [6, 6.07) is 10.4. The average molecular weight is 317 g/mol. The quantitative estimate of drug-likeness (QED) is 0.632. The molecule has 1 aromatic heterocycles. The van der Waals surface area contributed by atoms with Crippen molar-refractivity contribution in [2.75, 3.05) is 4.90 Å². The maximum absolute atomic E-state index is 12.4. The van der Waals surface area contributed by atoms with Gasteiger partial charge in [0, 0.05) is 11.5 Å². The van der Waals surface area contributed by atoms with Crippen LogP contribution in [0.5, 0.6) is 0 Å². The van der Waals surface area contributed by atoms with E-state index in [0.29, 0.717) is 22.3 Å². The maximum atomic E-state index is 12.4. The summed E-state index contributed by atoms with van der Waals surface area (Å²) in [7, 11) is 0. The number of carbonyl (C=O) groups is 2. The van der Waals surface area contributed by atoms with Crippen molar-refractivity contribution in [2.45, 2.75) is 5.33 Å². The molecule has 0 aliphatic carbocycles. The molecule has 3 rings (SSSR count). The summed E-state index contributed by atoms with van der Waals surface area (Å²) in [5.41, 5.74) is 1.72. The first-order valence-corrected chi connectivity index (χ1v) is 6.84. The number of fused-ring (bicyclic) bond motifs is 1. The van der Waals surface area contributed by atoms with Gasteiger partial charge in [-0.25, -0.2) is 9.88 Å². The topological polar surface area (TPSA) is 50.3 Å². The molecule has 0 fully saturated rings. The van der Waals surface area contributed by atoms with E-state index in [4.69, 9.17) is 0 Å². The summed E-state index contributed by atoms with van der Waals surface area (Å²) in [6.07, 6.45) is 1.56. The summed E-state index contributed by atoms with van der Waals surface area (Å²) >= 11 is 3.34. The van der Waals surface area contributed by atoms with Crippen LogP contribution in [-0.4, -0.2) is 16.8 Å². The van der Waals surface area contributed by atoms with Crippen LogP contribution in [0.3, 0.4) is 0 Å². The largest absolute Gasteiger partial charge is 0.268 e. The molecular weight excluding hydrogens is 308 g/mol. The number of pyridine rings is 1. The molecule has 19 heavy (non-hydrogen) atoms. The molecule has 0 N–H and O–H groups in total. The van der Waals surface area contributed by atoms with Crippen LogP contribution in [-0.2, 0) is 5.33 Å². The minimum absolute atomic E-state index is 0.311. The van der Waals surface area contributed by atoms with Gasteiger partial charge in [0.05, 0.1) is 11.1 Å². The van der Waals surface area contributed by atoms with Crippen molar-refractivity contribution in [3.05, 3.63) is 59.3 Å². The number of amides is 2. The smallest absolute Gasteiger partial charge is 0.267 e. The highest BCUT2D eigenvalue weighted by Crippen LogP contribution is 2.30. The fraction of sp³-hybridized carbons (Fsp3) is 0.0714. The van der Waals surface area contributed by atoms with Gasteiger partial charge in [-0.1, -0.05) is 34.1 Å². The minimum Gasteiger partial charge on any atom is -0.268 e. The van der Waals surface area contributed by atoms with Gasteiger partial charge in [0.15, 0.2) is 0 Å². The molecule has 94 valence electrons. The summed E-state index contributed by atoms with van der Waals surface area (Å²) in [5.74, 6) is -0.274. The second-order valence-corrected chi connectivity index (χ2v) is 4.67. The molecule has 0 saturated heterocycles. The monoisotopic (exact) mass is 316 g/mol. The van der Waals surface area contributed by atoms with Gasteiger partial charge in [-0.05, 0) is 23.8 Å². The third kappa shape index (κ3) is 1.77. The Morgan fingerprint density at radius 2 is 1.89 bits per heavy atom. The Kier molecular flexibility index (Phi) is 2.91. The first kappa shape index (κ1) is 12.0. The van der Waals surface area contributed by atoms with E-state index in [1.54, 1.807) is 36.5 Å². The number of halogens is 1. The van der Waals surface area contributed by atoms with Crippen molar-refractivity contribution < 1.29 is 9.59 Å². The number of rotatable bonds is 2. The zero-order chi connectivity index (χ0) is 13.4. The van der Waals surface area contributed by atoms with E-state index in [0.717, 1.165) is 10.5 Å². The standard InChI is InChI=1S/C14H9BrN2O2/c15-8-9-4-3-5-10-12(9)14(19)17(13(10)18)11-6-1-2-7-16-11/h1-7H,8H2. The van der Waals surface area contributed by atoms with Crippen LogP contribution in [0.15, 0.2) is 42.6 Å². The Bertz CT molecular complexity index is 670. The second kappa shape index (κ2) is 4.59. The number of hydrogen-bond acceptors (Lipinski definition) is 3. The van der Waals surface area contributed by atoms with Crippen molar-refractivity contribution in [3.8, 4) is 0 Å². The molecule has 4 nitrogen and oxygen atoms in total. The van der Waals surface area contributed by atoms with E-state index in [9.17, 15) is 9.59 Å². The molecule has 0 bridgehead atoms. The molecule has 2 amide bonds. The van der Waals surface area contributed by atoms with E-state index < -0.39 is 0 Å². The lowest BCUT2D eigenvalue weighted by molar-refractivity contribution is 0.0925. The van der Waals surface area contributed by atoms with Gasteiger partial charge >= 0.3 is 0 Å². The molecule has 0 unspecified atom stereocenters. The highest BCUT2D eigenvalue weighted by atomic mass is 79.9. The van der Waals surface area contributed by atoms with Gasteiger partial charge < -0.3 is 0 Å². The van der Waals surface area contributed by atoms with Gasteiger partial charge in [0.25, 0.3) is 11.8 Å². The van der Waals surface area contributed by atoms with Crippen molar-refractivity contribution in [3.63, 3.8) is 0 Å². The molecule has 2 heterocycles. The van der Waals surface area contributed by atoms with Gasteiger partial charge in [-0.3, -0.25) is 9.59 Å². The first-order chi connectivity index (χ1) is 9.24. The normalized spacial score (nSPS) is 13.8. The molecule has 0 spiro atoms. The van der Waals surface area contributed by atoms with E-state index in [-0.39, 0.29) is 11.8 Å². The van der Waals surface area contributed by atoms with Gasteiger partial charge in [0.1, 0.15) is 5.82 Å². The summed E-state index contributed by atoms with van der Waals surface area (Å²) in [4.78, 5) is 30.0. The van der Waals surface area contributed by atoms with Crippen molar-refractivity contribution in [1.29, 1.82) is 0 Å². The lowest BCUT2D eigenvalue weighted by atomic mass is 10.0. The SMILES string of the molecule is O=C1c2cccc(CBr)c2C(=O)N1c1ccccn1. The Labute approximate surface area is 118 Å². The highest BCUT2D eigenvalue weighted by Gasteiger charge is 2.38. The van der Waals surface area contributed by atoms with Gasteiger partial charge in [-0.15, -0.1) is 0 Å². The predicted octanol–water partition coefficient (Wildman–Crippen LogP) is 2.78.